The van der Waals surface area contributed by atoms with Gasteiger partial charge in [0.1, 0.15) is 0 Å². The zero-order valence-corrected chi connectivity index (χ0v) is 14.8. The molecule has 0 radical (unpaired) electrons. The molecule has 0 spiro atoms. The monoisotopic (exact) mass is 315 g/mol. The van der Waals surface area contributed by atoms with Gasteiger partial charge in [0.25, 0.3) is 0 Å². The maximum absolute atomic E-state index is 8.98. The van der Waals surface area contributed by atoms with E-state index in [4.69, 9.17) is 5.11 Å². The van der Waals surface area contributed by atoms with Gasteiger partial charge in [-0.15, -0.1) is 0 Å². The van der Waals surface area contributed by atoms with Crippen LogP contribution in [0.15, 0.2) is 36.4 Å². The average Bonchev–Trinajstić information content (AvgIpc) is 2.80. The summed E-state index contributed by atoms with van der Waals surface area (Å²) in [7, 11) is 0. The van der Waals surface area contributed by atoms with Gasteiger partial charge in [0, 0.05) is 25.4 Å². The first kappa shape index (κ1) is 18.1. The number of nitrogens with zero attached hydrogens (tertiary/aromatic N) is 1. The Morgan fingerprint density at radius 2 is 1.91 bits per heavy atom. The summed E-state index contributed by atoms with van der Waals surface area (Å²) in [6.45, 7) is 8.99. The minimum Gasteiger partial charge on any atom is -0.396 e. The summed E-state index contributed by atoms with van der Waals surface area (Å²) in [6, 6.07) is 9.18. The molecule has 0 saturated carbocycles. The molecule has 2 rings (SSSR count). The van der Waals surface area contributed by atoms with E-state index in [0.717, 1.165) is 44.7 Å². The van der Waals surface area contributed by atoms with Gasteiger partial charge in [-0.1, -0.05) is 37.6 Å². The van der Waals surface area contributed by atoms with Crippen LogP contribution in [0.1, 0.15) is 57.4 Å². The van der Waals surface area contributed by atoms with Gasteiger partial charge in [0.05, 0.1) is 0 Å². The summed E-state index contributed by atoms with van der Waals surface area (Å²) in [6.07, 6.45) is 9.24. The maximum atomic E-state index is 8.98. The van der Waals surface area contributed by atoms with Crippen molar-refractivity contribution in [2.75, 3.05) is 24.6 Å². The van der Waals surface area contributed by atoms with E-state index in [-0.39, 0.29) is 0 Å². The average molecular weight is 316 g/mol. The third-order valence-corrected chi connectivity index (χ3v) is 5.18. The van der Waals surface area contributed by atoms with Crippen LogP contribution in [0.25, 0.3) is 0 Å². The van der Waals surface area contributed by atoms with Gasteiger partial charge in [-0.3, -0.25) is 0 Å². The van der Waals surface area contributed by atoms with E-state index in [9.17, 15) is 0 Å². The minimum atomic E-state index is 0.327. The normalized spacial score (nSPS) is 17.1. The second kappa shape index (κ2) is 9.77. The van der Waals surface area contributed by atoms with Crippen LogP contribution in [0.3, 0.4) is 0 Å². The first-order valence-electron chi connectivity index (χ1n) is 9.34. The molecular weight excluding hydrogens is 282 g/mol. The van der Waals surface area contributed by atoms with Gasteiger partial charge in [0.15, 0.2) is 0 Å². The standard InChI is InChI=1S/C21H33NO/c1-3-19(7-5-17-23)8-9-20-10-12-21(13-11-20)22-15-4-6-18(2)14-16-22/h10-13,19,23H,2-9,14-17H2,1H3. The predicted molar refractivity (Wildman–Crippen MR) is 100 cm³/mol. The highest BCUT2D eigenvalue weighted by atomic mass is 16.2. The smallest absolute Gasteiger partial charge is 0.0431 e. The van der Waals surface area contributed by atoms with E-state index in [1.807, 2.05) is 0 Å². The number of aryl methyl sites for hydroxylation is 1. The lowest BCUT2D eigenvalue weighted by Crippen LogP contribution is -2.23. The second-order valence-electron chi connectivity index (χ2n) is 6.94. The molecular formula is C21H33NO. The number of anilines is 1. The van der Waals surface area contributed by atoms with Gasteiger partial charge in [-0.05, 0) is 68.6 Å². The number of rotatable bonds is 8. The molecule has 1 N–H and O–H groups in total. The molecule has 1 aliphatic rings. The first-order valence-corrected chi connectivity index (χ1v) is 9.34. The molecule has 1 aliphatic heterocycles. The molecule has 2 nitrogen and oxygen atoms in total. The van der Waals surface area contributed by atoms with Crippen LogP contribution in [0.5, 0.6) is 0 Å². The first-order chi connectivity index (χ1) is 11.2. The molecule has 0 amide bonds. The van der Waals surface area contributed by atoms with E-state index >= 15 is 0 Å². The van der Waals surface area contributed by atoms with Gasteiger partial charge in [0.2, 0.25) is 0 Å². The van der Waals surface area contributed by atoms with Crippen LogP contribution in [0.4, 0.5) is 5.69 Å². The fraction of sp³-hybridized carbons (Fsp3) is 0.619. The van der Waals surface area contributed by atoms with E-state index in [2.05, 4.69) is 42.7 Å². The van der Waals surface area contributed by atoms with Crippen LogP contribution in [-0.2, 0) is 6.42 Å². The molecule has 0 aliphatic carbocycles. The van der Waals surface area contributed by atoms with Crippen molar-refractivity contribution in [3.05, 3.63) is 42.0 Å². The van der Waals surface area contributed by atoms with E-state index in [1.54, 1.807) is 0 Å². The van der Waals surface area contributed by atoms with Crippen LogP contribution in [-0.4, -0.2) is 24.8 Å². The van der Waals surface area contributed by atoms with Crippen molar-refractivity contribution in [2.24, 2.45) is 5.92 Å². The zero-order valence-electron chi connectivity index (χ0n) is 14.8. The van der Waals surface area contributed by atoms with Gasteiger partial charge in [-0.2, -0.15) is 0 Å². The number of hydrogen-bond acceptors (Lipinski definition) is 2. The Labute approximate surface area is 142 Å². The highest BCUT2D eigenvalue weighted by Crippen LogP contribution is 2.23. The van der Waals surface area contributed by atoms with Crippen LogP contribution < -0.4 is 4.90 Å². The SMILES string of the molecule is C=C1CCCN(c2ccc(CCC(CC)CCCO)cc2)CC1. The van der Waals surface area contributed by atoms with E-state index in [1.165, 1.54) is 42.5 Å². The predicted octanol–water partition coefficient (Wildman–Crippen LogP) is 4.96. The molecule has 128 valence electrons. The lowest BCUT2D eigenvalue weighted by Gasteiger charge is -2.23. The topological polar surface area (TPSA) is 23.5 Å². The Hall–Kier alpha value is -1.28. The molecule has 2 heteroatoms. The van der Waals surface area contributed by atoms with Crippen LogP contribution >= 0.6 is 0 Å². The lowest BCUT2D eigenvalue weighted by atomic mass is 9.93. The molecule has 23 heavy (non-hydrogen) atoms. The third-order valence-electron chi connectivity index (χ3n) is 5.18. The maximum Gasteiger partial charge on any atom is 0.0431 e. The van der Waals surface area contributed by atoms with Crippen molar-refractivity contribution >= 4 is 5.69 Å². The quantitative estimate of drug-likeness (QED) is 0.685. The van der Waals surface area contributed by atoms with Gasteiger partial charge >= 0.3 is 0 Å². The fourth-order valence-electron chi connectivity index (χ4n) is 3.48. The number of benzene rings is 1. The molecule has 0 bridgehead atoms. The molecule has 1 heterocycles. The number of aliphatic hydroxyl groups is 1. The molecule has 1 aromatic rings. The summed E-state index contributed by atoms with van der Waals surface area (Å²) in [5, 5.41) is 8.98. The minimum absolute atomic E-state index is 0.327. The Bertz CT molecular complexity index is 465. The largest absolute Gasteiger partial charge is 0.396 e. The molecule has 1 unspecified atom stereocenters. The van der Waals surface area contributed by atoms with Crippen molar-refractivity contribution in [3.8, 4) is 0 Å². The molecule has 0 aromatic heterocycles. The summed E-state index contributed by atoms with van der Waals surface area (Å²) in [5.74, 6) is 0.749. The summed E-state index contributed by atoms with van der Waals surface area (Å²) < 4.78 is 0. The summed E-state index contributed by atoms with van der Waals surface area (Å²) >= 11 is 0. The van der Waals surface area contributed by atoms with Crippen LogP contribution in [0.2, 0.25) is 0 Å². The van der Waals surface area contributed by atoms with Crippen molar-refractivity contribution in [1.29, 1.82) is 0 Å². The Balaban J connectivity index is 1.85. The Kier molecular flexibility index (Phi) is 7.67. The van der Waals surface area contributed by atoms with E-state index < -0.39 is 0 Å². The van der Waals surface area contributed by atoms with E-state index in [0.29, 0.717) is 6.61 Å². The zero-order chi connectivity index (χ0) is 16.5. The molecule has 1 saturated heterocycles. The highest BCUT2D eigenvalue weighted by molar-refractivity contribution is 5.48. The number of hydrogen-bond donors (Lipinski definition) is 1. The van der Waals surface area contributed by atoms with Crippen molar-refractivity contribution < 1.29 is 5.11 Å². The molecule has 1 atom stereocenters. The fourth-order valence-corrected chi connectivity index (χ4v) is 3.48. The second-order valence-corrected chi connectivity index (χ2v) is 6.94. The molecule has 1 fully saturated rings. The summed E-state index contributed by atoms with van der Waals surface area (Å²) in [4.78, 5) is 2.50. The van der Waals surface area contributed by atoms with Crippen molar-refractivity contribution in [3.63, 3.8) is 0 Å². The summed E-state index contributed by atoms with van der Waals surface area (Å²) in [5.41, 5.74) is 4.20. The molecule has 1 aromatic carbocycles. The highest BCUT2D eigenvalue weighted by Gasteiger charge is 2.12. The number of aliphatic hydroxyl groups excluding tert-OH is 1. The van der Waals surface area contributed by atoms with Crippen molar-refractivity contribution in [2.45, 2.75) is 58.3 Å². The lowest BCUT2D eigenvalue weighted by molar-refractivity contribution is 0.267. The third kappa shape index (κ3) is 6.02. The Morgan fingerprint density at radius 3 is 2.61 bits per heavy atom. The Morgan fingerprint density at radius 1 is 1.13 bits per heavy atom. The van der Waals surface area contributed by atoms with Gasteiger partial charge in [-0.25, -0.2) is 0 Å². The van der Waals surface area contributed by atoms with Gasteiger partial charge < -0.3 is 10.0 Å². The van der Waals surface area contributed by atoms with Crippen molar-refractivity contribution in [1.82, 2.24) is 0 Å². The van der Waals surface area contributed by atoms with Crippen LogP contribution in [0, 0.1) is 5.92 Å².